The third-order valence-electron chi connectivity index (χ3n) is 11.4. The van der Waals surface area contributed by atoms with Crippen LogP contribution in [0.1, 0.15) is 11.1 Å². The van der Waals surface area contributed by atoms with Crippen LogP contribution in [0.25, 0.3) is 60.3 Å². The van der Waals surface area contributed by atoms with Gasteiger partial charge in [-0.3, -0.25) is 0 Å². The summed E-state index contributed by atoms with van der Waals surface area (Å²) in [6.45, 7) is 0. The van der Waals surface area contributed by atoms with E-state index in [1.807, 2.05) is 60.7 Å². The zero-order valence-corrected chi connectivity index (χ0v) is 36.1. The first-order valence-electron chi connectivity index (χ1n) is 21.2. The molecule has 0 unspecified atom stereocenters. The largest absolute Gasteiger partial charge is 0.356 e. The van der Waals surface area contributed by atoms with E-state index in [0.29, 0.717) is 0 Å². The van der Waals surface area contributed by atoms with E-state index >= 15 is 0 Å². The maximum Gasteiger partial charge on any atom is 0.155 e. The van der Waals surface area contributed by atoms with Crippen molar-refractivity contribution in [3.8, 4) is 11.1 Å². The standard InChI is InChI=1S/C30H21N.C18H10Br.C12H11N/c1-3-12-24(13-4-1)31(25-14-5-2-6-15-25)29-21-23-20-19-22-11-7-8-16-26(22)30(23)28-18-10-9-17-27(28)29;19-17-11-13-10-9-12-5-1-2-6-14(12)18(13)16-8-4-3-7-15(16)17;1-3-7-11(8-4-1)13-12-9-5-2-6-10-12/h1-21H;1-8,10-11H;1-10,13H/q;+1;. The molecule has 11 aromatic rings. The Morgan fingerprint density at radius 1 is 0.397 bits per heavy atom. The number of rotatable bonds is 5. The van der Waals surface area contributed by atoms with Crippen molar-refractivity contribution < 1.29 is 0 Å². The van der Waals surface area contributed by atoms with Crippen molar-refractivity contribution in [2.75, 3.05) is 10.2 Å². The molecule has 1 N–H and O–H groups in total. The summed E-state index contributed by atoms with van der Waals surface area (Å²) in [4.78, 5) is 2.36. The lowest BCUT2D eigenvalue weighted by molar-refractivity contribution is 1.30. The van der Waals surface area contributed by atoms with Gasteiger partial charge in [-0.15, -0.1) is 0 Å². The molecule has 0 fully saturated rings. The smallest absolute Gasteiger partial charge is 0.155 e. The first-order chi connectivity index (χ1) is 31.2. The molecule has 0 heterocycles. The molecule has 11 aromatic carbocycles. The highest BCUT2D eigenvalue weighted by Gasteiger charge is 2.23. The van der Waals surface area contributed by atoms with Crippen molar-refractivity contribution in [2.45, 2.75) is 0 Å². The number of para-hydroxylation sites is 4. The second kappa shape index (κ2) is 18.0. The molecule has 1 aliphatic rings. The second-order valence-corrected chi connectivity index (χ2v) is 16.2. The van der Waals surface area contributed by atoms with Gasteiger partial charge in [0.15, 0.2) is 5.56 Å². The van der Waals surface area contributed by atoms with Crippen molar-refractivity contribution in [1.29, 1.82) is 0 Å². The van der Waals surface area contributed by atoms with Crippen LogP contribution in [0.3, 0.4) is 0 Å². The predicted octanol–water partition coefficient (Wildman–Crippen LogP) is 17.5. The summed E-state index contributed by atoms with van der Waals surface area (Å²) in [7, 11) is 0. The van der Waals surface area contributed by atoms with Crippen molar-refractivity contribution >= 4 is 93.5 Å². The molecule has 0 amide bonds. The fourth-order valence-electron chi connectivity index (χ4n) is 8.58. The van der Waals surface area contributed by atoms with Gasteiger partial charge in [0.25, 0.3) is 0 Å². The van der Waals surface area contributed by atoms with Crippen LogP contribution in [0.2, 0.25) is 0 Å². The Hall–Kier alpha value is -7.81. The van der Waals surface area contributed by atoms with E-state index in [0.717, 1.165) is 27.2 Å². The van der Waals surface area contributed by atoms with Crippen LogP contribution < -0.4 is 10.2 Å². The molecule has 298 valence electrons. The van der Waals surface area contributed by atoms with Crippen molar-refractivity contribution in [3.63, 3.8) is 0 Å². The van der Waals surface area contributed by atoms with Gasteiger partial charge < -0.3 is 10.2 Å². The molecular weight excluding hydrogens is 829 g/mol. The van der Waals surface area contributed by atoms with E-state index in [4.69, 9.17) is 0 Å². The average molecular weight is 871 g/mol. The Morgan fingerprint density at radius 2 is 0.889 bits per heavy atom. The Labute approximate surface area is 377 Å². The number of anilines is 5. The minimum absolute atomic E-state index is 1.12. The van der Waals surface area contributed by atoms with Crippen LogP contribution in [0, 0.1) is 6.08 Å². The number of benzene rings is 11. The third-order valence-corrected chi connectivity index (χ3v) is 12.1. The van der Waals surface area contributed by atoms with Crippen LogP contribution in [0.4, 0.5) is 28.4 Å². The number of fused-ring (bicyclic) bond motifs is 10. The van der Waals surface area contributed by atoms with E-state index in [-0.39, 0.29) is 0 Å². The summed E-state index contributed by atoms with van der Waals surface area (Å²) < 4.78 is 1.14. The van der Waals surface area contributed by atoms with Gasteiger partial charge in [0.1, 0.15) is 0 Å². The Bertz CT molecular complexity index is 3290. The first kappa shape index (κ1) is 39.3. The quantitative estimate of drug-likeness (QED) is 0.137. The number of halogens is 1. The molecule has 0 aliphatic heterocycles. The monoisotopic (exact) mass is 869 g/mol. The molecule has 0 aromatic heterocycles. The molecule has 2 nitrogen and oxygen atoms in total. The van der Waals surface area contributed by atoms with Crippen LogP contribution in [0.5, 0.6) is 0 Å². The van der Waals surface area contributed by atoms with Crippen molar-refractivity contribution in [3.05, 3.63) is 264 Å². The highest BCUT2D eigenvalue weighted by atomic mass is 79.9. The van der Waals surface area contributed by atoms with Gasteiger partial charge in [-0.1, -0.05) is 158 Å². The van der Waals surface area contributed by atoms with Gasteiger partial charge in [-0.05, 0) is 121 Å². The molecule has 0 saturated carbocycles. The Morgan fingerprint density at radius 3 is 1.54 bits per heavy atom. The average Bonchev–Trinajstić information content (AvgIpc) is 3.35. The summed E-state index contributed by atoms with van der Waals surface area (Å²) in [6.07, 6.45) is 5.44. The van der Waals surface area contributed by atoms with Crippen LogP contribution in [-0.2, 0) is 0 Å². The normalized spacial score (nSPS) is 11.1. The second-order valence-electron chi connectivity index (χ2n) is 15.4. The molecule has 1 aliphatic carbocycles. The molecule has 12 rings (SSSR count). The summed E-state index contributed by atoms with van der Waals surface area (Å²) in [5.41, 5.74) is 10.7. The van der Waals surface area contributed by atoms with Gasteiger partial charge in [0, 0.05) is 56.2 Å². The minimum Gasteiger partial charge on any atom is -0.356 e. The van der Waals surface area contributed by atoms with E-state index in [9.17, 15) is 0 Å². The lowest BCUT2D eigenvalue weighted by Gasteiger charge is -2.27. The minimum atomic E-state index is 1.12. The van der Waals surface area contributed by atoms with Gasteiger partial charge in [-0.25, -0.2) is 0 Å². The van der Waals surface area contributed by atoms with Crippen molar-refractivity contribution in [1.82, 2.24) is 0 Å². The van der Waals surface area contributed by atoms with E-state index < -0.39 is 0 Å². The topological polar surface area (TPSA) is 15.3 Å². The molecule has 0 atom stereocenters. The fourth-order valence-corrected chi connectivity index (χ4v) is 9.18. The maximum atomic E-state index is 3.67. The maximum absolute atomic E-state index is 3.67. The Balaban J connectivity index is 0.000000125. The number of hydrogen-bond donors (Lipinski definition) is 1. The van der Waals surface area contributed by atoms with Crippen LogP contribution >= 0.6 is 15.9 Å². The molecule has 0 spiro atoms. The molecule has 0 radical (unpaired) electrons. The third kappa shape index (κ3) is 8.20. The Kier molecular flexibility index (Phi) is 11.3. The zero-order chi connectivity index (χ0) is 42.4. The lowest BCUT2D eigenvalue weighted by atomic mass is 9.87. The fraction of sp³-hybridized carbons (Fsp3) is 0. The number of nitrogens with zero attached hydrogens (tertiary/aromatic N) is 1. The van der Waals surface area contributed by atoms with Gasteiger partial charge >= 0.3 is 0 Å². The molecule has 0 saturated heterocycles. The van der Waals surface area contributed by atoms with Gasteiger partial charge in [-0.2, -0.15) is 0 Å². The highest BCUT2D eigenvalue weighted by molar-refractivity contribution is 9.10. The van der Waals surface area contributed by atoms with Gasteiger partial charge in [0.2, 0.25) is 0 Å². The highest BCUT2D eigenvalue weighted by Crippen LogP contribution is 2.44. The van der Waals surface area contributed by atoms with E-state index in [1.54, 1.807) is 0 Å². The molecular formula is C60H42BrN2+. The first-order valence-corrected chi connectivity index (χ1v) is 22.0. The summed E-state index contributed by atoms with van der Waals surface area (Å²) in [5, 5.41) is 13.5. The summed E-state index contributed by atoms with van der Waals surface area (Å²) in [5.74, 6) is 0. The predicted molar refractivity (Wildman–Crippen MR) is 274 cm³/mol. The number of nitrogens with one attached hydrogen (secondary N) is 1. The van der Waals surface area contributed by atoms with Crippen LogP contribution in [-0.4, -0.2) is 0 Å². The molecule has 3 heteroatoms. The SMILES string of the molecule is Brc1cc2c(c3ccccc13)-c1ccccc1[C+]=C2.c1ccc(N(c2ccccc2)c2cc3ccc4ccccc4c3c3ccccc23)cc1.c1ccc(Nc2ccccc2)cc1. The van der Waals surface area contributed by atoms with Crippen LogP contribution in [0.15, 0.2) is 247 Å². The molecule has 63 heavy (non-hydrogen) atoms. The summed E-state index contributed by atoms with van der Waals surface area (Å²) in [6, 6.07) is 84.9. The van der Waals surface area contributed by atoms with Crippen molar-refractivity contribution in [2.24, 2.45) is 0 Å². The van der Waals surface area contributed by atoms with E-state index in [2.05, 4.69) is 220 Å². The lowest BCUT2D eigenvalue weighted by Crippen LogP contribution is -2.10. The summed E-state index contributed by atoms with van der Waals surface area (Å²) >= 11 is 3.67. The van der Waals surface area contributed by atoms with Gasteiger partial charge in [0.05, 0.1) is 28.5 Å². The zero-order valence-electron chi connectivity index (χ0n) is 34.5. The van der Waals surface area contributed by atoms with E-state index in [1.165, 1.54) is 71.0 Å². The molecule has 0 bridgehead atoms. The number of hydrogen-bond acceptors (Lipinski definition) is 2.